The lowest BCUT2D eigenvalue weighted by molar-refractivity contribution is 0.300. The zero-order valence-electron chi connectivity index (χ0n) is 7.43. The number of nitrogens with zero attached hydrogens (tertiary/aromatic N) is 2. The van der Waals surface area contributed by atoms with Gasteiger partial charge < -0.3 is 20.9 Å². The fraction of sp³-hybridized carbons (Fsp3) is 0.333. The van der Waals surface area contributed by atoms with Crippen molar-refractivity contribution >= 4 is 11.6 Å². The van der Waals surface area contributed by atoms with Gasteiger partial charge in [-0.15, -0.1) is 0 Å². The van der Waals surface area contributed by atoms with Crippen molar-refractivity contribution in [3.8, 4) is 11.8 Å². The van der Waals surface area contributed by atoms with Gasteiger partial charge in [0.1, 0.15) is 13.5 Å². The van der Waals surface area contributed by atoms with Crippen molar-refractivity contribution in [3.63, 3.8) is 0 Å². The summed E-state index contributed by atoms with van der Waals surface area (Å²) in [6.07, 6.45) is 0. The maximum Gasteiger partial charge on any atom is 0.247 e. The molecule has 0 radical (unpaired) electrons. The Morgan fingerprint density at radius 2 is 1.36 bits per heavy atom. The van der Waals surface area contributed by atoms with E-state index in [0.717, 1.165) is 0 Å². The highest BCUT2D eigenvalue weighted by molar-refractivity contribution is 5.58. The van der Waals surface area contributed by atoms with E-state index in [1.165, 1.54) is 0 Å². The largest absolute Gasteiger partial charge is 0.460 e. The van der Waals surface area contributed by atoms with E-state index < -0.39 is 0 Å². The third kappa shape index (κ3) is 2.12. The highest BCUT2D eigenvalue weighted by Gasteiger charge is 2.12. The van der Waals surface area contributed by atoms with Gasteiger partial charge in [0.05, 0.1) is 0 Å². The molecule has 0 aliphatic heterocycles. The summed E-state index contributed by atoms with van der Waals surface area (Å²) in [5, 5.41) is 0. The number of nitrogen functional groups attached to an aromatic ring is 2. The fourth-order valence-electron chi connectivity index (χ4n) is 0.823. The van der Waals surface area contributed by atoms with Crippen molar-refractivity contribution in [1.82, 2.24) is 9.97 Å². The highest BCUT2D eigenvalue weighted by Crippen LogP contribution is 2.28. The molecule has 0 spiro atoms. The fourth-order valence-corrected chi connectivity index (χ4v) is 0.823. The van der Waals surface area contributed by atoms with Crippen molar-refractivity contribution < 1.29 is 9.47 Å². The Labute approximate surface area is 80.2 Å². The van der Waals surface area contributed by atoms with Crippen LogP contribution in [0.1, 0.15) is 0 Å². The first-order valence-corrected chi connectivity index (χ1v) is 3.77. The number of anilines is 2. The summed E-state index contributed by atoms with van der Waals surface area (Å²) in [5.74, 6) is 0.151. The number of rotatable bonds is 4. The van der Waals surface area contributed by atoms with Gasteiger partial charge in [-0.05, 0) is 0 Å². The second-order valence-corrected chi connectivity index (χ2v) is 2.23. The lowest BCUT2D eigenvalue weighted by atomic mass is 10.5. The lowest BCUT2D eigenvalue weighted by Gasteiger charge is -2.09. The third-order valence-electron chi connectivity index (χ3n) is 1.33. The molecule has 0 aromatic carbocycles. The topological polar surface area (TPSA) is 148 Å². The van der Waals surface area contributed by atoms with Crippen molar-refractivity contribution in [1.29, 1.82) is 0 Å². The number of aromatic nitrogens is 2. The van der Waals surface area contributed by atoms with Crippen LogP contribution in [-0.4, -0.2) is 23.4 Å². The minimum absolute atomic E-state index is 0.0221. The lowest BCUT2D eigenvalue weighted by Crippen LogP contribution is -2.15. The first-order valence-electron chi connectivity index (χ1n) is 3.77. The van der Waals surface area contributed by atoms with Gasteiger partial charge in [0.25, 0.3) is 0 Å². The minimum Gasteiger partial charge on any atom is -0.460 e. The van der Waals surface area contributed by atoms with Gasteiger partial charge in [0, 0.05) is 0 Å². The molecule has 0 unspecified atom stereocenters. The number of hydrogen-bond acceptors (Lipinski definition) is 8. The van der Waals surface area contributed by atoms with E-state index in [9.17, 15) is 0 Å². The molecule has 1 heterocycles. The predicted molar refractivity (Wildman–Crippen MR) is 50.2 cm³/mol. The number of nitrogens with two attached hydrogens (primary N) is 4. The van der Waals surface area contributed by atoms with E-state index in [2.05, 4.69) is 9.97 Å². The molecule has 0 fully saturated rings. The van der Waals surface area contributed by atoms with Gasteiger partial charge >= 0.3 is 0 Å². The molecule has 8 nitrogen and oxygen atoms in total. The highest BCUT2D eigenvalue weighted by atomic mass is 16.5. The molecule has 1 aromatic rings. The molecule has 0 amide bonds. The van der Waals surface area contributed by atoms with Gasteiger partial charge in [0.15, 0.2) is 5.69 Å². The summed E-state index contributed by atoms with van der Waals surface area (Å²) in [6.45, 7) is -0.133. The molecule has 0 saturated carbocycles. The van der Waals surface area contributed by atoms with Crippen LogP contribution in [0.4, 0.5) is 11.6 Å². The Morgan fingerprint density at radius 3 is 1.71 bits per heavy atom. The summed E-state index contributed by atoms with van der Waals surface area (Å²) in [7, 11) is 0. The summed E-state index contributed by atoms with van der Waals surface area (Å²) >= 11 is 0. The first kappa shape index (κ1) is 10.3. The molecular weight excluding hydrogens is 188 g/mol. The van der Waals surface area contributed by atoms with Crippen molar-refractivity contribution in [3.05, 3.63) is 0 Å². The molecule has 0 aliphatic rings. The van der Waals surface area contributed by atoms with Crippen molar-refractivity contribution in [2.45, 2.75) is 0 Å². The maximum absolute atomic E-state index is 5.58. The van der Waals surface area contributed by atoms with Crippen molar-refractivity contribution in [2.75, 3.05) is 24.9 Å². The van der Waals surface area contributed by atoms with Gasteiger partial charge in [-0.25, -0.2) is 0 Å². The predicted octanol–water partition coefficient (Wildman–Crippen LogP) is -1.77. The second kappa shape index (κ2) is 4.44. The van der Waals surface area contributed by atoms with Crippen LogP contribution < -0.4 is 32.4 Å². The standard InChI is InChI=1S/C6H12N6O2/c7-1-13-4-3(9)5(14-2-8)12-6(10)11-4/h1-2,7-9H2,(H2,10,11,12). The smallest absolute Gasteiger partial charge is 0.247 e. The van der Waals surface area contributed by atoms with Gasteiger partial charge in [-0.1, -0.05) is 0 Å². The molecule has 0 atom stereocenters. The van der Waals surface area contributed by atoms with E-state index in [0.29, 0.717) is 0 Å². The Hall–Kier alpha value is -1.80. The van der Waals surface area contributed by atoms with Gasteiger partial charge in [-0.3, -0.25) is 11.5 Å². The van der Waals surface area contributed by atoms with Crippen LogP contribution in [0, 0.1) is 0 Å². The summed E-state index contributed by atoms with van der Waals surface area (Å²) in [5.41, 5.74) is 21.4. The van der Waals surface area contributed by atoms with E-state index in [4.69, 9.17) is 32.4 Å². The summed E-state index contributed by atoms with van der Waals surface area (Å²) in [6, 6.07) is 0. The van der Waals surface area contributed by atoms with E-state index in [1.54, 1.807) is 0 Å². The Bertz CT molecular complexity index is 290. The first-order chi connectivity index (χ1) is 6.69. The van der Waals surface area contributed by atoms with Crippen LogP contribution in [0.5, 0.6) is 11.8 Å². The van der Waals surface area contributed by atoms with Crippen LogP contribution in [0.25, 0.3) is 0 Å². The van der Waals surface area contributed by atoms with Crippen LogP contribution in [0.3, 0.4) is 0 Å². The molecule has 14 heavy (non-hydrogen) atoms. The molecule has 78 valence electrons. The Balaban J connectivity index is 3.04. The number of ether oxygens (including phenoxy) is 2. The average molecular weight is 200 g/mol. The molecule has 1 aromatic heterocycles. The van der Waals surface area contributed by atoms with E-state index in [1.807, 2.05) is 0 Å². The monoisotopic (exact) mass is 200 g/mol. The molecule has 0 bridgehead atoms. The van der Waals surface area contributed by atoms with Crippen LogP contribution in [-0.2, 0) is 0 Å². The molecule has 0 saturated heterocycles. The normalized spacial score (nSPS) is 9.86. The summed E-state index contributed by atoms with van der Waals surface area (Å²) < 4.78 is 9.81. The van der Waals surface area contributed by atoms with Crippen molar-refractivity contribution in [2.24, 2.45) is 11.5 Å². The summed E-state index contributed by atoms with van der Waals surface area (Å²) in [4.78, 5) is 7.45. The van der Waals surface area contributed by atoms with Crippen LogP contribution in [0.15, 0.2) is 0 Å². The molecule has 8 N–H and O–H groups in total. The average Bonchev–Trinajstić information content (AvgIpc) is 2.14. The second-order valence-electron chi connectivity index (χ2n) is 2.23. The quantitative estimate of drug-likeness (QED) is 0.417. The molecule has 8 heteroatoms. The van der Waals surface area contributed by atoms with E-state index >= 15 is 0 Å². The zero-order chi connectivity index (χ0) is 10.6. The molecule has 0 aliphatic carbocycles. The van der Waals surface area contributed by atoms with E-state index in [-0.39, 0.29) is 36.9 Å². The van der Waals surface area contributed by atoms with Crippen LogP contribution in [0.2, 0.25) is 0 Å². The Morgan fingerprint density at radius 1 is 0.929 bits per heavy atom. The minimum atomic E-state index is -0.0667. The maximum atomic E-state index is 5.58. The third-order valence-corrected chi connectivity index (χ3v) is 1.33. The van der Waals surface area contributed by atoms with Crippen LogP contribution >= 0.6 is 0 Å². The molecular formula is C6H12N6O2. The SMILES string of the molecule is NCOc1nc(N)nc(OCN)c1N. The Kier molecular flexibility index (Phi) is 3.26. The zero-order valence-corrected chi connectivity index (χ0v) is 7.43. The molecule has 1 rings (SSSR count). The van der Waals surface area contributed by atoms with Gasteiger partial charge in [-0.2, -0.15) is 9.97 Å². The number of hydrogen-bond donors (Lipinski definition) is 4. The van der Waals surface area contributed by atoms with Gasteiger partial charge in [0.2, 0.25) is 17.7 Å².